The first kappa shape index (κ1) is 16.5. The third-order valence-corrected chi connectivity index (χ3v) is 4.31. The Morgan fingerprint density at radius 1 is 0.958 bits per heavy atom. The van der Waals surface area contributed by atoms with Gasteiger partial charge in [-0.3, -0.25) is 0 Å². The van der Waals surface area contributed by atoms with Crippen LogP contribution < -0.4 is 10.6 Å². The number of rotatable bonds is 5. The molecule has 2 nitrogen and oxygen atoms in total. The molecule has 0 radical (unpaired) electrons. The Hall–Kier alpha value is -2.39. The van der Waals surface area contributed by atoms with E-state index in [9.17, 15) is 0 Å². The molecule has 3 aromatic carbocycles. The Kier molecular flexibility index (Phi) is 5.44. The van der Waals surface area contributed by atoms with Crippen molar-refractivity contribution >= 4 is 33.8 Å². The fraction of sp³-hybridized carbons (Fsp3) is 0.190. The molecule has 0 saturated heterocycles. The highest BCUT2D eigenvalue weighted by Crippen LogP contribution is 2.19. The van der Waals surface area contributed by atoms with Crippen LogP contribution in [0, 0.1) is 6.92 Å². The lowest BCUT2D eigenvalue weighted by molar-refractivity contribution is 0.780. The summed E-state index contributed by atoms with van der Waals surface area (Å²) in [6, 6.07) is 23.3. The van der Waals surface area contributed by atoms with Gasteiger partial charge in [-0.15, -0.1) is 0 Å². The van der Waals surface area contributed by atoms with Gasteiger partial charge < -0.3 is 10.6 Å². The minimum atomic E-state index is 0.679. The molecule has 0 spiro atoms. The molecule has 3 heteroatoms. The molecule has 0 aliphatic rings. The summed E-state index contributed by atoms with van der Waals surface area (Å²) in [5, 5.41) is 9.85. The summed E-state index contributed by atoms with van der Waals surface area (Å²) >= 11 is 5.36. The lowest BCUT2D eigenvalue weighted by atomic mass is 10.0. The zero-order chi connectivity index (χ0) is 16.8. The number of anilines is 1. The van der Waals surface area contributed by atoms with Gasteiger partial charge in [-0.05, 0) is 66.0 Å². The molecule has 0 aromatic heterocycles. The molecular weight excluding hydrogens is 312 g/mol. The van der Waals surface area contributed by atoms with E-state index in [0.29, 0.717) is 5.11 Å². The molecule has 0 bridgehead atoms. The Labute approximate surface area is 148 Å². The summed E-state index contributed by atoms with van der Waals surface area (Å²) in [5.41, 5.74) is 3.65. The topological polar surface area (TPSA) is 24.1 Å². The average molecular weight is 334 g/mol. The van der Waals surface area contributed by atoms with E-state index in [1.54, 1.807) is 0 Å². The van der Waals surface area contributed by atoms with Crippen LogP contribution in [0.1, 0.15) is 17.5 Å². The molecule has 0 amide bonds. The third-order valence-electron chi connectivity index (χ3n) is 4.06. The second-order valence-corrected chi connectivity index (χ2v) is 6.40. The molecule has 0 aliphatic heterocycles. The van der Waals surface area contributed by atoms with E-state index < -0.39 is 0 Å². The minimum Gasteiger partial charge on any atom is -0.362 e. The van der Waals surface area contributed by atoms with Gasteiger partial charge in [0.2, 0.25) is 0 Å². The van der Waals surface area contributed by atoms with Crippen molar-refractivity contribution in [3.8, 4) is 0 Å². The molecule has 3 aromatic rings. The van der Waals surface area contributed by atoms with E-state index in [-0.39, 0.29) is 0 Å². The standard InChI is InChI=1S/C21H22N2S/c1-16-7-4-12-19(15-16)23-21(24)22-14-6-11-18-10-5-9-17-8-2-3-13-20(17)18/h2-5,7-10,12-13,15H,6,11,14H2,1H3,(H2,22,23,24). The summed E-state index contributed by atoms with van der Waals surface area (Å²) < 4.78 is 0. The molecule has 3 rings (SSSR count). The monoisotopic (exact) mass is 334 g/mol. The number of hydrogen-bond donors (Lipinski definition) is 2. The van der Waals surface area contributed by atoms with Crippen LogP contribution in [0.15, 0.2) is 66.7 Å². The maximum Gasteiger partial charge on any atom is 0.170 e. The number of nitrogens with one attached hydrogen (secondary N) is 2. The summed E-state index contributed by atoms with van der Waals surface area (Å²) in [5.74, 6) is 0. The molecule has 0 saturated carbocycles. The van der Waals surface area contributed by atoms with Gasteiger partial charge in [0, 0.05) is 12.2 Å². The molecule has 0 heterocycles. The quantitative estimate of drug-likeness (QED) is 0.503. The summed E-state index contributed by atoms with van der Waals surface area (Å²) in [6.07, 6.45) is 2.09. The fourth-order valence-corrected chi connectivity index (χ4v) is 3.11. The second-order valence-electron chi connectivity index (χ2n) is 5.99. The molecule has 0 aliphatic carbocycles. The van der Waals surface area contributed by atoms with Crippen LogP contribution in [0.25, 0.3) is 10.8 Å². The molecular formula is C21H22N2S. The summed E-state index contributed by atoms with van der Waals surface area (Å²) in [4.78, 5) is 0. The number of aryl methyl sites for hydroxylation is 2. The number of hydrogen-bond acceptors (Lipinski definition) is 1. The lowest BCUT2D eigenvalue weighted by Crippen LogP contribution is -2.29. The van der Waals surface area contributed by atoms with Crippen molar-refractivity contribution < 1.29 is 0 Å². The van der Waals surface area contributed by atoms with Gasteiger partial charge in [0.1, 0.15) is 0 Å². The first-order valence-electron chi connectivity index (χ1n) is 8.30. The Morgan fingerprint density at radius 2 is 1.75 bits per heavy atom. The summed E-state index contributed by atoms with van der Waals surface area (Å²) in [7, 11) is 0. The van der Waals surface area contributed by atoms with Crippen molar-refractivity contribution in [2.75, 3.05) is 11.9 Å². The predicted octanol–water partition coefficient (Wildman–Crippen LogP) is 5.07. The Bertz CT molecular complexity index is 837. The molecule has 122 valence electrons. The van der Waals surface area contributed by atoms with Gasteiger partial charge in [0.15, 0.2) is 5.11 Å². The number of fused-ring (bicyclic) bond motifs is 1. The van der Waals surface area contributed by atoms with E-state index in [1.165, 1.54) is 21.9 Å². The average Bonchev–Trinajstić information content (AvgIpc) is 2.59. The molecule has 0 atom stereocenters. The highest BCUT2D eigenvalue weighted by molar-refractivity contribution is 7.80. The van der Waals surface area contributed by atoms with Crippen molar-refractivity contribution in [1.82, 2.24) is 5.32 Å². The predicted molar refractivity (Wildman–Crippen MR) is 108 cm³/mol. The van der Waals surface area contributed by atoms with Crippen molar-refractivity contribution in [2.24, 2.45) is 0 Å². The molecule has 2 N–H and O–H groups in total. The number of thiocarbonyl (C=S) groups is 1. The van der Waals surface area contributed by atoms with Crippen LogP contribution in [-0.2, 0) is 6.42 Å². The normalized spacial score (nSPS) is 10.5. The van der Waals surface area contributed by atoms with Gasteiger partial charge in [-0.1, -0.05) is 54.6 Å². The van der Waals surface area contributed by atoms with Crippen LogP contribution in [-0.4, -0.2) is 11.7 Å². The first-order valence-corrected chi connectivity index (χ1v) is 8.71. The first-order chi connectivity index (χ1) is 11.7. The smallest absolute Gasteiger partial charge is 0.170 e. The van der Waals surface area contributed by atoms with Gasteiger partial charge in [-0.25, -0.2) is 0 Å². The van der Waals surface area contributed by atoms with Crippen molar-refractivity contribution in [3.63, 3.8) is 0 Å². The third kappa shape index (κ3) is 4.33. The van der Waals surface area contributed by atoms with E-state index >= 15 is 0 Å². The van der Waals surface area contributed by atoms with E-state index in [4.69, 9.17) is 12.2 Å². The van der Waals surface area contributed by atoms with Crippen molar-refractivity contribution in [1.29, 1.82) is 0 Å². The van der Waals surface area contributed by atoms with Gasteiger partial charge in [0.05, 0.1) is 0 Å². The molecule has 0 fully saturated rings. The highest BCUT2D eigenvalue weighted by atomic mass is 32.1. The van der Waals surface area contributed by atoms with E-state index in [1.807, 2.05) is 12.1 Å². The van der Waals surface area contributed by atoms with Crippen molar-refractivity contribution in [3.05, 3.63) is 77.9 Å². The second kappa shape index (κ2) is 7.93. The van der Waals surface area contributed by atoms with Gasteiger partial charge in [0.25, 0.3) is 0 Å². The van der Waals surface area contributed by atoms with Crippen LogP contribution in [0.5, 0.6) is 0 Å². The molecule has 0 unspecified atom stereocenters. The molecule has 24 heavy (non-hydrogen) atoms. The van der Waals surface area contributed by atoms with Crippen LogP contribution >= 0.6 is 12.2 Å². The van der Waals surface area contributed by atoms with Crippen molar-refractivity contribution in [2.45, 2.75) is 19.8 Å². The van der Waals surface area contributed by atoms with Gasteiger partial charge >= 0.3 is 0 Å². The van der Waals surface area contributed by atoms with Crippen LogP contribution in [0.4, 0.5) is 5.69 Å². The number of benzene rings is 3. The zero-order valence-electron chi connectivity index (χ0n) is 13.9. The Balaban J connectivity index is 1.49. The SMILES string of the molecule is Cc1cccc(NC(=S)NCCCc2cccc3ccccc23)c1. The van der Waals surface area contributed by atoms with Crippen LogP contribution in [0.3, 0.4) is 0 Å². The Morgan fingerprint density at radius 3 is 2.62 bits per heavy atom. The fourth-order valence-electron chi connectivity index (χ4n) is 2.89. The summed E-state index contributed by atoms with van der Waals surface area (Å²) in [6.45, 7) is 2.94. The lowest BCUT2D eigenvalue weighted by Gasteiger charge is -2.11. The zero-order valence-corrected chi connectivity index (χ0v) is 14.7. The highest BCUT2D eigenvalue weighted by Gasteiger charge is 2.01. The minimum absolute atomic E-state index is 0.679. The van der Waals surface area contributed by atoms with E-state index in [0.717, 1.165) is 25.1 Å². The largest absolute Gasteiger partial charge is 0.362 e. The van der Waals surface area contributed by atoms with Crippen LogP contribution in [0.2, 0.25) is 0 Å². The maximum atomic E-state index is 5.36. The van der Waals surface area contributed by atoms with Gasteiger partial charge in [-0.2, -0.15) is 0 Å². The van der Waals surface area contributed by atoms with E-state index in [2.05, 4.69) is 72.2 Å². The maximum absolute atomic E-state index is 5.36.